The molecule has 1 aromatic rings. The molecular weight excluding hydrogens is 304 g/mol. The minimum atomic E-state index is -1.19. The van der Waals surface area contributed by atoms with E-state index in [0.29, 0.717) is 13.1 Å². The normalized spacial score (nSPS) is 28.3. The van der Waals surface area contributed by atoms with Crippen LogP contribution in [0.2, 0.25) is 0 Å². The average Bonchev–Trinajstić information content (AvgIpc) is 2.84. The largest absolute Gasteiger partial charge is 0.496 e. The molecule has 23 heavy (non-hydrogen) atoms. The summed E-state index contributed by atoms with van der Waals surface area (Å²) >= 11 is 0. The molecule has 2 atom stereocenters. The highest BCUT2D eigenvalue weighted by Crippen LogP contribution is 2.62. The monoisotopic (exact) mass is 325 g/mol. The molecule has 2 aliphatic rings. The Bertz CT molecular complexity index is 661. The molecule has 0 aromatic heterocycles. The fourth-order valence-electron chi connectivity index (χ4n) is 4.55. The van der Waals surface area contributed by atoms with E-state index in [1.165, 1.54) is 18.1 Å². The molecular formula is C17H21F2NO3. The third-order valence-electron chi connectivity index (χ3n) is 5.49. The summed E-state index contributed by atoms with van der Waals surface area (Å²) in [5.41, 5.74) is -0.668. The van der Waals surface area contributed by atoms with Gasteiger partial charge in [-0.3, -0.25) is 4.79 Å². The van der Waals surface area contributed by atoms with E-state index in [2.05, 4.69) is 13.8 Å². The molecule has 0 radical (unpaired) electrons. The number of carbonyl (C=O) groups excluding carboxylic acids is 1. The van der Waals surface area contributed by atoms with Crippen LogP contribution < -0.4 is 4.74 Å². The van der Waals surface area contributed by atoms with Crippen molar-refractivity contribution in [3.05, 3.63) is 29.3 Å². The zero-order chi connectivity index (χ0) is 17.0. The Morgan fingerprint density at radius 1 is 1.43 bits per heavy atom. The number of benzene rings is 1. The first-order valence-corrected chi connectivity index (χ1v) is 7.68. The molecule has 0 spiro atoms. The number of aliphatic hydroxyl groups excluding tert-OH is 1. The molecule has 1 aliphatic carbocycles. The second-order valence-electron chi connectivity index (χ2n) is 7.36. The fraction of sp³-hybridized carbons (Fsp3) is 0.588. The lowest BCUT2D eigenvalue weighted by atomic mass is 9.48. The summed E-state index contributed by atoms with van der Waals surface area (Å²) in [7, 11) is 1.31. The molecule has 1 aromatic carbocycles. The predicted octanol–water partition coefficient (Wildman–Crippen LogP) is 2.45. The molecule has 6 heteroatoms. The molecule has 1 aliphatic heterocycles. The van der Waals surface area contributed by atoms with E-state index in [1.807, 2.05) is 0 Å². The summed E-state index contributed by atoms with van der Waals surface area (Å²) in [6, 6.07) is 2.19. The van der Waals surface area contributed by atoms with Gasteiger partial charge in [-0.15, -0.1) is 0 Å². The highest BCUT2D eigenvalue weighted by Gasteiger charge is 2.63. The lowest BCUT2D eigenvalue weighted by molar-refractivity contribution is -0.0977. The minimum absolute atomic E-state index is 0.00631. The van der Waals surface area contributed by atoms with Crippen molar-refractivity contribution in [2.45, 2.75) is 20.3 Å². The van der Waals surface area contributed by atoms with Crippen LogP contribution >= 0.6 is 0 Å². The Morgan fingerprint density at radius 2 is 2.13 bits per heavy atom. The summed E-state index contributed by atoms with van der Waals surface area (Å²) in [4.78, 5) is 14.3. The number of methoxy groups -OCH3 is 1. The molecule has 3 rings (SSSR count). The maximum atomic E-state index is 14.1. The predicted molar refractivity (Wildman–Crippen MR) is 80.2 cm³/mol. The Hall–Kier alpha value is -1.69. The van der Waals surface area contributed by atoms with E-state index in [4.69, 9.17) is 4.74 Å². The lowest BCUT2D eigenvalue weighted by Crippen LogP contribution is -2.54. The van der Waals surface area contributed by atoms with Gasteiger partial charge in [0.2, 0.25) is 0 Å². The Labute approximate surface area is 134 Å². The van der Waals surface area contributed by atoms with E-state index < -0.39 is 17.5 Å². The third kappa shape index (κ3) is 2.23. The quantitative estimate of drug-likeness (QED) is 0.929. The van der Waals surface area contributed by atoms with Gasteiger partial charge in [0.05, 0.1) is 13.7 Å². The number of amides is 1. The van der Waals surface area contributed by atoms with Gasteiger partial charge < -0.3 is 14.7 Å². The topological polar surface area (TPSA) is 49.8 Å². The van der Waals surface area contributed by atoms with Gasteiger partial charge in [-0.25, -0.2) is 8.78 Å². The van der Waals surface area contributed by atoms with Crippen LogP contribution in [0.25, 0.3) is 0 Å². The third-order valence-corrected chi connectivity index (χ3v) is 5.49. The van der Waals surface area contributed by atoms with Gasteiger partial charge in [-0.2, -0.15) is 0 Å². The number of rotatable bonds is 3. The number of hydrogen-bond acceptors (Lipinski definition) is 3. The first-order valence-electron chi connectivity index (χ1n) is 7.68. The fourth-order valence-corrected chi connectivity index (χ4v) is 4.55. The molecule has 126 valence electrons. The van der Waals surface area contributed by atoms with Gasteiger partial charge in [-0.05, 0) is 29.9 Å². The molecule has 4 nitrogen and oxygen atoms in total. The first-order chi connectivity index (χ1) is 10.8. The molecule has 0 unspecified atom stereocenters. The average molecular weight is 325 g/mol. The van der Waals surface area contributed by atoms with Crippen LogP contribution in [0.1, 0.15) is 30.6 Å². The number of carbonyl (C=O) groups is 1. The van der Waals surface area contributed by atoms with E-state index in [9.17, 15) is 18.7 Å². The second-order valence-corrected chi connectivity index (χ2v) is 7.36. The van der Waals surface area contributed by atoms with Gasteiger partial charge in [0.15, 0.2) is 11.6 Å². The Morgan fingerprint density at radius 3 is 2.65 bits per heavy atom. The maximum Gasteiger partial charge on any atom is 0.260 e. The Balaban J connectivity index is 1.93. The zero-order valence-electron chi connectivity index (χ0n) is 13.5. The molecule has 0 bridgehead atoms. The van der Waals surface area contributed by atoms with Crippen molar-refractivity contribution in [3.8, 4) is 5.75 Å². The molecule has 1 saturated heterocycles. The number of ether oxygens (including phenoxy) is 1. The van der Waals surface area contributed by atoms with Crippen LogP contribution in [-0.4, -0.2) is 42.7 Å². The van der Waals surface area contributed by atoms with E-state index in [1.54, 1.807) is 0 Å². The summed E-state index contributed by atoms with van der Waals surface area (Å²) in [5.74, 6) is -2.67. The van der Waals surface area contributed by atoms with Gasteiger partial charge >= 0.3 is 0 Å². The standard InChI is InChI=1S/C17H21F2NO3/c1-16(2)7-17(9-21)8-20(6-12(16)17)15(22)13-11(23-3)5-4-10(18)14(13)19/h4-5,12,21H,6-9H2,1-3H3/t12-,17-/m1/s1. The van der Waals surface area contributed by atoms with Crippen LogP contribution in [0, 0.1) is 28.4 Å². The van der Waals surface area contributed by atoms with Crippen molar-refractivity contribution in [2.24, 2.45) is 16.7 Å². The first kappa shape index (κ1) is 16.2. The van der Waals surface area contributed by atoms with Crippen LogP contribution in [0.15, 0.2) is 12.1 Å². The van der Waals surface area contributed by atoms with Crippen molar-refractivity contribution in [3.63, 3.8) is 0 Å². The molecule has 1 amide bonds. The van der Waals surface area contributed by atoms with E-state index in [0.717, 1.165) is 12.5 Å². The lowest BCUT2D eigenvalue weighted by Gasteiger charge is -2.55. The highest BCUT2D eigenvalue weighted by molar-refractivity contribution is 5.97. The summed E-state index contributed by atoms with van der Waals surface area (Å²) in [5, 5.41) is 9.75. The maximum absolute atomic E-state index is 14.1. The van der Waals surface area contributed by atoms with Crippen LogP contribution in [0.4, 0.5) is 8.78 Å². The second kappa shape index (κ2) is 5.16. The number of hydrogen-bond donors (Lipinski definition) is 1. The SMILES string of the molecule is COc1ccc(F)c(F)c1C(=O)N1C[C@@H]2C(C)(C)C[C@]2(CO)C1. The summed E-state index contributed by atoms with van der Waals surface area (Å²) in [6.07, 6.45) is 0.813. The number of halogens is 2. The van der Waals surface area contributed by atoms with Gasteiger partial charge in [0.1, 0.15) is 11.3 Å². The van der Waals surface area contributed by atoms with E-state index >= 15 is 0 Å². The number of nitrogens with zero attached hydrogens (tertiary/aromatic N) is 1. The Kier molecular flexibility index (Phi) is 3.63. The van der Waals surface area contributed by atoms with Crippen molar-refractivity contribution in [2.75, 3.05) is 26.8 Å². The van der Waals surface area contributed by atoms with Gasteiger partial charge in [0.25, 0.3) is 5.91 Å². The van der Waals surface area contributed by atoms with Crippen molar-refractivity contribution in [1.29, 1.82) is 0 Å². The van der Waals surface area contributed by atoms with Crippen LogP contribution in [0.3, 0.4) is 0 Å². The molecule has 1 N–H and O–H groups in total. The van der Waals surface area contributed by atoms with E-state index in [-0.39, 0.29) is 34.7 Å². The molecule has 2 fully saturated rings. The molecule has 1 heterocycles. The molecule has 1 saturated carbocycles. The van der Waals surface area contributed by atoms with Crippen LogP contribution in [-0.2, 0) is 0 Å². The number of likely N-dealkylation sites (tertiary alicyclic amines) is 1. The van der Waals surface area contributed by atoms with Gasteiger partial charge in [-0.1, -0.05) is 13.8 Å². The minimum Gasteiger partial charge on any atom is -0.496 e. The number of aliphatic hydroxyl groups is 1. The van der Waals surface area contributed by atoms with Crippen molar-refractivity contribution in [1.82, 2.24) is 4.90 Å². The zero-order valence-corrected chi connectivity index (χ0v) is 13.5. The van der Waals surface area contributed by atoms with Crippen molar-refractivity contribution >= 4 is 5.91 Å². The number of fused-ring (bicyclic) bond motifs is 1. The smallest absolute Gasteiger partial charge is 0.260 e. The summed E-state index contributed by atoms with van der Waals surface area (Å²) < 4.78 is 32.7. The highest BCUT2D eigenvalue weighted by atomic mass is 19.2. The van der Waals surface area contributed by atoms with Crippen LogP contribution in [0.5, 0.6) is 5.75 Å². The van der Waals surface area contributed by atoms with Crippen molar-refractivity contribution < 1.29 is 23.4 Å². The van der Waals surface area contributed by atoms with Gasteiger partial charge in [0, 0.05) is 18.5 Å². The summed E-state index contributed by atoms with van der Waals surface area (Å²) in [6.45, 7) is 4.99.